The molecule has 0 aliphatic carbocycles. The zero-order chi connectivity index (χ0) is 19.2. The lowest BCUT2D eigenvalue weighted by Gasteiger charge is -2.25. The first-order valence-electron chi connectivity index (χ1n) is 8.36. The predicted octanol–water partition coefficient (Wildman–Crippen LogP) is 3.03. The van der Waals surface area contributed by atoms with E-state index in [1.54, 1.807) is 4.90 Å². The number of hydrogen-bond donors (Lipinski definition) is 0. The van der Waals surface area contributed by atoms with E-state index in [0.29, 0.717) is 18.8 Å². The van der Waals surface area contributed by atoms with E-state index in [4.69, 9.17) is 0 Å². The van der Waals surface area contributed by atoms with Gasteiger partial charge in [0, 0.05) is 26.1 Å². The summed E-state index contributed by atoms with van der Waals surface area (Å²) in [4.78, 5) is 14.2. The van der Waals surface area contributed by atoms with Crippen molar-refractivity contribution in [1.82, 2.24) is 4.90 Å². The largest absolute Gasteiger partial charge is 0.339 e. The topological polar surface area (TPSA) is 57.7 Å². The monoisotopic (exact) mass is 378 g/mol. The van der Waals surface area contributed by atoms with Crippen molar-refractivity contribution in [2.24, 2.45) is 0 Å². The first-order chi connectivity index (χ1) is 12.3. The Bertz CT molecular complexity index is 824. The van der Waals surface area contributed by atoms with Gasteiger partial charge < -0.3 is 4.90 Å². The Morgan fingerprint density at radius 3 is 2.19 bits per heavy atom. The number of benzene rings is 2. The number of anilines is 1. The summed E-state index contributed by atoms with van der Waals surface area (Å²) in [5, 5.41) is 0. The van der Waals surface area contributed by atoms with Crippen LogP contribution in [0.4, 0.5) is 10.1 Å². The van der Waals surface area contributed by atoms with Gasteiger partial charge >= 0.3 is 0 Å². The van der Waals surface area contributed by atoms with Crippen LogP contribution in [0.2, 0.25) is 0 Å². The lowest BCUT2D eigenvalue weighted by molar-refractivity contribution is -0.131. The molecule has 0 bridgehead atoms. The highest BCUT2D eigenvalue weighted by molar-refractivity contribution is 7.92. The average molecular weight is 378 g/mol. The maximum absolute atomic E-state index is 13.1. The van der Waals surface area contributed by atoms with Crippen molar-refractivity contribution >= 4 is 21.6 Å². The van der Waals surface area contributed by atoms with Crippen molar-refractivity contribution in [3.8, 4) is 0 Å². The molecule has 0 radical (unpaired) electrons. The van der Waals surface area contributed by atoms with Crippen LogP contribution in [-0.2, 0) is 21.4 Å². The maximum atomic E-state index is 13.1. The van der Waals surface area contributed by atoms with Crippen molar-refractivity contribution in [1.29, 1.82) is 0 Å². The van der Waals surface area contributed by atoms with Gasteiger partial charge in [-0.25, -0.2) is 12.8 Å². The zero-order valence-electron chi connectivity index (χ0n) is 14.9. The summed E-state index contributed by atoms with van der Waals surface area (Å²) in [5.74, 6) is -0.578. The van der Waals surface area contributed by atoms with Crippen molar-refractivity contribution in [3.63, 3.8) is 0 Å². The number of halogens is 1. The van der Waals surface area contributed by atoms with Crippen molar-refractivity contribution in [2.45, 2.75) is 19.9 Å². The van der Waals surface area contributed by atoms with Crippen LogP contribution >= 0.6 is 0 Å². The van der Waals surface area contributed by atoms with Crippen molar-refractivity contribution in [3.05, 3.63) is 66.0 Å². The molecule has 140 valence electrons. The van der Waals surface area contributed by atoms with E-state index in [1.165, 1.54) is 24.3 Å². The number of sulfonamides is 1. The first-order valence-corrected chi connectivity index (χ1v) is 10.2. The highest BCUT2D eigenvalue weighted by atomic mass is 32.2. The van der Waals surface area contributed by atoms with Gasteiger partial charge in [-0.05, 0) is 36.8 Å². The van der Waals surface area contributed by atoms with Gasteiger partial charge in [0.1, 0.15) is 5.82 Å². The summed E-state index contributed by atoms with van der Waals surface area (Å²) in [7, 11) is -3.58. The van der Waals surface area contributed by atoms with Crippen LogP contribution < -0.4 is 4.31 Å². The van der Waals surface area contributed by atoms with E-state index in [9.17, 15) is 17.6 Å². The molecule has 0 N–H and O–H groups in total. The molecule has 26 heavy (non-hydrogen) atoms. The third-order valence-corrected chi connectivity index (χ3v) is 5.19. The van der Waals surface area contributed by atoms with E-state index < -0.39 is 15.8 Å². The van der Waals surface area contributed by atoms with E-state index in [-0.39, 0.29) is 18.9 Å². The van der Waals surface area contributed by atoms with Gasteiger partial charge in [-0.1, -0.05) is 30.3 Å². The highest BCUT2D eigenvalue weighted by Crippen LogP contribution is 2.19. The number of amides is 1. The van der Waals surface area contributed by atoms with Gasteiger partial charge in [0.15, 0.2) is 0 Å². The molecule has 0 unspecified atom stereocenters. The quantitative estimate of drug-likeness (QED) is 0.709. The van der Waals surface area contributed by atoms with Gasteiger partial charge in [0.05, 0.1) is 11.9 Å². The molecule has 1 amide bonds. The molecule has 7 heteroatoms. The van der Waals surface area contributed by atoms with Crippen LogP contribution in [-0.4, -0.2) is 38.6 Å². The number of carbonyl (C=O) groups excluding carboxylic acids is 1. The molecule has 0 aliphatic rings. The van der Waals surface area contributed by atoms with Crippen LogP contribution in [0.25, 0.3) is 0 Å². The van der Waals surface area contributed by atoms with E-state index in [0.717, 1.165) is 16.1 Å². The zero-order valence-corrected chi connectivity index (χ0v) is 15.7. The molecule has 0 aliphatic heterocycles. The molecule has 0 atom stereocenters. The van der Waals surface area contributed by atoms with Crippen molar-refractivity contribution < 1.29 is 17.6 Å². The standard InChI is InChI=1S/C19H23FN2O3S/c1-3-21(15-16-7-5-4-6-8-16)19(23)13-14-22(26(2,24)25)18-11-9-17(20)10-12-18/h4-12H,3,13-15H2,1-2H3. The minimum atomic E-state index is -3.58. The summed E-state index contributed by atoms with van der Waals surface area (Å²) in [6.45, 7) is 2.90. The third kappa shape index (κ3) is 5.56. The normalized spacial score (nSPS) is 11.2. The second-order valence-corrected chi connectivity index (χ2v) is 7.86. The van der Waals surface area contributed by atoms with Gasteiger partial charge in [0.2, 0.25) is 15.9 Å². The molecular formula is C19H23FN2O3S. The Balaban J connectivity index is 2.07. The molecular weight excluding hydrogens is 355 g/mol. The summed E-state index contributed by atoms with van der Waals surface area (Å²) < 4.78 is 38.4. The summed E-state index contributed by atoms with van der Waals surface area (Å²) in [6, 6.07) is 14.8. The second kappa shape index (κ2) is 8.80. The smallest absolute Gasteiger partial charge is 0.232 e. The molecule has 0 aromatic heterocycles. The van der Waals surface area contributed by atoms with Gasteiger partial charge in [-0.3, -0.25) is 9.10 Å². The van der Waals surface area contributed by atoms with E-state index in [1.807, 2.05) is 37.3 Å². The van der Waals surface area contributed by atoms with E-state index >= 15 is 0 Å². The van der Waals surface area contributed by atoms with Gasteiger partial charge in [-0.15, -0.1) is 0 Å². The van der Waals surface area contributed by atoms with Crippen LogP contribution in [0.5, 0.6) is 0 Å². The Hall–Kier alpha value is -2.41. The lowest BCUT2D eigenvalue weighted by atomic mass is 10.2. The molecule has 2 aromatic rings. The number of carbonyl (C=O) groups is 1. The average Bonchev–Trinajstić information content (AvgIpc) is 2.61. The van der Waals surface area contributed by atoms with E-state index in [2.05, 4.69) is 0 Å². The Labute approximate surface area is 154 Å². The predicted molar refractivity (Wildman–Crippen MR) is 101 cm³/mol. The number of rotatable bonds is 8. The fraction of sp³-hybridized carbons (Fsp3) is 0.316. The van der Waals surface area contributed by atoms with Crippen LogP contribution in [0.1, 0.15) is 18.9 Å². The summed E-state index contributed by atoms with van der Waals surface area (Å²) >= 11 is 0. The maximum Gasteiger partial charge on any atom is 0.232 e. The van der Waals surface area contributed by atoms with Crippen molar-refractivity contribution in [2.75, 3.05) is 23.7 Å². The molecule has 0 heterocycles. The molecule has 0 fully saturated rings. The third-order valence-electron chi connectivity index (χ3n) is 3.99. The first kappa shape index (κ1) is 19.9. The Morgan fingerprint density at radius 2 is 1.65 bits per heavy atom. The summed E-state index contributed by atoms with van der Waals surface area (Å²) in [6.07, 6.45) is 1.12. The second-order valence-electron chi connectivity index (χ2n) is 5.96. The van der Waals surface area contributed by atoms with Crippen LogP contribution in [0.15, 0.2) is 54.6 Å². The fourth-order valence-corrected chi connectivity index (χ4v) is 3.56. The Morgan fingerprint density at radius 1 is 1.04 bits per heavy atom. The van der Waals surface area contributed by atoms with Gasteiger partial charge in [-0.2, -0.15) is 0 Å². The molecule has 0 saturated carbocycles. The molecule has 5 nitrogen and oxygen atoms in total. The minimum Gasteiger partial charge on any atom is -0.339 e. The SMILES string of the molecule is CCN(Cc1ccccc1)C(=O)CCN(c1ccc(F)cc1)S(C)(=O)=O. The molecule has 0 saturated heterocycles. The summed E-state index contributed by atoms with van der Waals surface area (Å²) in [5.41, 5.74) is 1.36. The van der Waals surface area contributed by atoms with Crippen LogP contribution in [0.3, 0.4) is 0 Å². The molecule has 0 spiro atoms. The van der Waals surface area contributed by atoms with Gasteiger partial charge in [0.25, 0.3) is 0 Å². The number of nitrogens with zero attached hydrogens (tertiary/aromatic N) is 2. The fourth-order valence-electron chi connectivity index (χ4n) is 2.63. The Kier molecular flexibility index (Phi) is 6.74. The van der Waals surface area contributed by atoms with Crippen LogP contribution in [0, 0.1) is 5.82 Å². The number of hydrogen-bond acceptors (Lipinski definition) is 3. The minimum absolute atomic E-state index is 0.00852. The molecule has 2 aromatic carbocycles. The lowest BCUT2D eigenvalue weighted by Crippen LogP contribution is -2.36. The highest BCUT2D eigenvalue weighted by Gasteiger charge is 2.20. The molecule has 2 rings (SSSR count).